The van der Waals surface area contributed by atoms with Crippen molar-refractivity contribution in [1.82, 2.24) is 14.9 Å². The van der Waals surface area contributed by atoms with E-state index in [1.165, 1.54) is 0 Å². The highest BCUT2D eigenvalue weighted by Crippen LogP contribution is 2.41. The van der Waals surface area contributed by atoms with Gasteiger partial charge in [0.2, 0.25) is 0 Å². The van der Waals surface area contributed by atoms with Gasteiger partial charge in [0.25, 0.3) is 0 Å². The Labute approximate surface area is 330 Å². The van der Waals surface area contributed by atoms with Crippen molar-refractivity contribution in [2.45, 2.75) is 73.4 Å². The molecular weight excluding hydrogens is 721 g/mol. The number of carbonyl (C=O) groups is 2. The van der Waals surface area contributed by atoms with E-state index >= 15 is 0 Å². The maximum absolute atomic E-state index is 12.1. The van der Waals surface area contributed by atoms with Crippen molar-refractivity contribution >= 4 is 75.5 Å². The number of likely N-dealkylation sites (N-methyl/N-ethyl adjacent to an activating group) is 1. The van der Waals surface area contributed by atoms with Crippen LogP contribution in [0.1, 0.15) is 91.7 Å². The number of carboxylic acids is 1. The molecule has 54 heavy (non-hydrogen) atoms. The molecular formula is C43H55Cl2N5O4. The van der Waals surface area contributed by atoms with Crippen LogP contribution in [-0.2, 0) is 4.79 Å². The van der Waals surface area contributed by atoms with Crippen molar-refractivity contribution in [1.29, 1.82) is 0 Å². The number of nitrogens with one attached hydrogen (secondary N) is 2. The Morgan fingerprint density at radius 2 is 1.74 bits per heavy atom. The summed E-state index contributed by atoms with van der Waals surface area (Å²) < 4.78 is 8.46. The molecule has 0 aliphatic rings. The number of fused-ring (bicyclic) bond motifs is 1. The Bertz CT molecular complexity index is 2010. The summed E-state index contributed by atoms with van der Waals surface area (Å²) in [5, 5.41) is 25.8. The molecule has 3 aromatic carbocycles. The molecule has 1 heterocycles. The summed E-state index contributed by atoms with van der Waals surface area (Å²) >= 11 is 13.5. The van der Waals surface area contributed by atoms with Gasteiger partial charge >= 0.3 is 5.97 Å². The highest BCUT2D eigenvalue weighted by atomic mass is 35.5. The van der Waals surface area contributed by atoms with Crippen LogP contribution in [0.5, 0.6) is 5.75 Å². The monoisotopic (exact) mass is 775 g/mol. The summed E-state index contributed by atoms with van der Waals surface area (Å²) in [4.78, 5) is 20.1. The normalized spacial score (nSPS) is 12.8. The van der Waals surface area contributed by atoms with E-state index < -0.39 is 5.97 Å². The highest BCUT2D eigenvalue weighted by Gasteiger charge is 2.22. The molecule has 0 bridgehead atoms. The first-order chi connectivity index (χ1) is 25.7. The minimum atomic E-state index is -0.958. The molecule has 9 nitrogen and oxygen atoms in total. The fourth-order valence-corrected chi connectivity index (χ4v) is 6.99. The Morgan fingerprint density at radius 3 is 2.31 bits per heavy atom. The first kappa shape index (κ1) is 43.8. The van der Waals surface area contributed by atoms with Crippen molar-refractivity contribution < 1.29 is 19.4 Å². The lowest BCUT2D eigenvalue weighted by Crippen LogP contribution is -2.29. The van der Waals surface area contributed by atoms with Crippen LogP contribution >= 0.6 is 23.2 Å². The molecule has 4 aromatic rings. The zero-order valence-electron chi connectivity index (χ0n) is 33.2. The number of benzene rings is 3. The molecule has 3 N–H and O–H groups in total. The number of carbonyl (C=O) groups excluding carboxylic acids is 1. The zero-order chi connectivity index (χ0) is 40.3. The lowest BCUT2D eigenvalue weighted by molar-refractivity contribution is -0.0980. The van der Waals surface area contributed by atoms with Gasteiger partial charge in [-0.15, -0.1) is 0 Å². The van der Waals surface area contributed by atoms with E-state index in [2.05, 4.69) is 60.4 Å². The summed E-state index contributed by atoms with van der Waals surface area (Å²) in [5.41, 5.74) is 9.73. The van der Waals surface area contributed by atoms with Gasteiger partial charge in [-0.2, -0.15) is 5.10 Å². The zero-order valence-corrected chi connectivity index (χ0v) is 34.7. The van der Waals surface area contributed by atoms with E-state index in [1.807, 2.05) is 79.9 Å². The predicted molar refractivity (Wildman–Crippen MR) is 229 cm³/mol. The quantitative estimate of drug-likeness (QED) is 0.0591. The number of carboxylic acid groups (broad SMARTS) is 1. The Balaban J connectivity index is 0.00000385. The summed E-state index contributed by atoms with van der Waals surface area (Å²) in [6.07, 6.45) is 7.76. The Morgan fingerprint density at radius 1 is 1.07 bits per heavy atom. The molecule has 11 heteroatoms. The molecule has 4 rings (SSSR count). The van der Waals surface area contributed by atoms with Crippen LogP contribution in [0, 0.1) is 13.8 Å². The standard InChI is InChI=1S/C42H53Cl2N5O3.CH2O/c1-11-34(29(7)47-48(9)10)39-37(43)16-15-35(41(39)46-28(6)23-45-8)30(13-12-18-52-33-19-26(4)40(44)27(5)20-33)21-32-24-49(25(2)3)38-17-14-31(42(50)51)22-36(32)38;1-2/h11,14-17,19-22,24-25,28,45-46H,12-13,18,23H2,1-10H3,(H,50,51);1H2/b30-21+,34-11-,47-29-;/t28-;/m1./s1. The van der Waals surface area contributed by atoms with Crippen LogP contribution in [0.4, 0.5) is 5.69 Å². The summed E-state index contributed by atoms with van der Waals surface area (Å²) in [6.45, 7) is 17.6. The van der Waals surface area contributed by atoms with Gasteiger partial charge in [-0.25, -0.2) is 4.79 Å². The van der Waals surface area contributed by atoms with Gasteiger partial charge in [-0.05, 0) is 128 Å². The van der Waals surface area contributed by atoms with E-state index in [-0.39, 0.29) is 17.6 Å². The molecule has 0 aliphatic carbocycles. The van der Waals surface area contributed by atoms with Crippen molar-refractivity contribution in [3.8, 4) is 5.75 Å². The largest absolute Gasteiger partial charge is 0.494 e. The van der Waals surface area contributed by atoms with E-state index in [9.17, 15) is 9.90 Å². The van der Waals surface area contributed by atoms with Crippen molar-refractivity contribution in [2.75, 3.05) is 39.6 Å². The number of hydrogen-bond donors (Lipinski definition) is 3. The number of aromatic carboxylic acids is 1. The second-order valence-corrected chi connectivity index (χ2v) is 14.6. The molecule has 290 valence electrons. The summed E-state index contributed by atoms with van der Waals surface area (Å²) in [6, 6.07) is 13.5. The third-order valence-electron chi connectivity index (χ3n) is 8.97. The number of rotatable bonds is 16. The van der Waals surface area contributed by atoms with Crippen LogP contribution < -0.4 is 15.4 Å². The third-order valence-corrected chi connectivity index (χ3v) is 9.88. The number of aryl methyl sites for hydroxylation is 2. The van der Waals surface area contributed by atoms with Crippen LogP contribution in [0.25, 0.3) is 28.1 Å². The SMILES string of the molecule is C/C=C(/C(C)=N\N(C)C)c1c(Cl)ccc(/C(=C/c2cn(C(C)C)c3ccc(C(=O)O)cc23)CCCOc2cc(C)c(Cl)c(C)c2)c1N[C@H](C)CNC.C=O. The lowest BCUT2D eigenvalue weighted by atomic mass is 9.90. The molecule has 0 aliphatic heterocycles. The van der Waals surface area contributed by atoms with Gasteiger partial charge in [0.05, 0.1) is 28.6 Å². The fourth-order valence-electron chi connectivity index (χ4n) is 6.62. The number of aromatic nitrogens is 1. The molecule has 0 saturated heterocycles. The van der Waals surface area contributed by atoms with Gasteiger partial charge in [0, 0.05) is 77.1 Å². The topological polar surface area (TPSA) is 108 Å². The molecule has 1 atom stereocenters. The Kier molecular flexibility index (Phi) is 16.4. The van der Waals surface area contributed by atoms with Gasteiger partial charge < -0.3 is 34.8 Å². The highest BCUT2D eigenvalue weighted by molar-refractivity contribution is 6.36. The van der Waals surface area contributed by atoms with Crippen molar-refractivity contribution in [3.63, 3.8) is 0 Å². The maximum atomic E-state index is 12.1. The van der Waals surface area contributed by atoms with Gasteiger partial charge in [0.1, 0.15) is 12.5 Å². The molecule has 0 unspecified atom stereocenters. The minimum Gasteiger partial charge on any atom is -0.494 e. The van der Waals surface area contributed by atoms with Crippen molar-refractivity contribution in [2.24, 2.45) is 5.10 Å². The fraction of sp³-hybridized carbons (Fsp3) is 0.372. The number of ether oxygens (including phenoxy) is 1. The summed E-state index contributed by atoms with van der Waals surface area (Å²) in [7, 11) is 5.75. The molecule has 1 aromatic heterocycles. The molecule has 0 amide bonds. The molecule has 0 radical (unpaired) electrons. The lowest BCUT2D eigenvalue weighted by Gasteiger charge is -2.25. The number of anilines is 1. The van der Waals surface area contributed by atoms with Crippen LogP contribution in [-0.4, -0.2) is 73.5 Å². The van der Waals surface area contributed by atoms with E-state index in [1.54, 1.807) is 17.1 Å². The Hall–Kier alpha value is -4.57. The summed E-state index contributed by atoms with van der Waals surface area (Å²) in [5.74, 6) is -0.170. The smallest absolute Gasteiger partial charge is 0.335 e. The van der Waals surface area contributed by atoms with Gasteiger partial charge in [-0.3, -0.25) is 0 Å². The minimum absolute atomic E-state index is 0.0621. The van der Waals surface area contributed by atoms with Crippen molar-refractivity contribution in [3.05, 3.63) is 98.2 Å². The molecule has 0 saturated carbocycles. The maximum Gasteiger partial charge on any atom is 0.335 e. The first-order valence-electron chi connectivity index (χ1n) is 18.1. The van der Waals surface area contributed by atoms with Crippen LogP contribution in [0.15, 0.2) is 59.8 Å². The number of hydrazone groups is 1. The van der Waals surface area contributed by atoms with E-state index in [0.29, 0.717) is 18.1 Å². The van der Waals surface area contributed by atoms with Gasteiger partial charge in [-0.1, -0.05) is 35.3 Å². The number of nitrogens with zero attached hydrogens (tertiary/aromatic N) is 3. The first-order valence-corrected chi connectivity index (χ1v) is 18.8. The third kappa shape index (κ3) is 10.8. The van der Waals surface area contributed by atoms with Gasteiger partial charge in [0.15, 0.2) is 0 Å². The van der Waals surface area contributed by atoms with E-state index in [0.717, 1.165) is 85.0 Å². The van der Waals surface area contributed by atoms with Crippen LogP contribution in [0.3, 0.4) is 0 Å². The number of hydrogen-bond acceptors (Lipinski definition) is 7. The molecule has 0 fully saturated rings. The predicted octanol–water partition coefficient (Wildman–Crippen LogP) is 10.4. The second kappa shape index (κ2) is 20.2. The average molecular weight is 777 g/mol. The number of halogens is 2. The number of allylic oxidation sites excluding steroid dienone is 3. The second-order valence-electron chi connectivity index (χ2n) is 13.8. The van der Waals surface area contributed by atoms with E-state index in [4.69, 9.17) is 37.8 Å². The van der Waals surface area contributed by atoms with Crippen LogP contribution in [0.2, 0.25) is 10.0 Å². The molecule has 0 spiro atoms. The average Bonchev–Trinajstić information content (AvgIpc) is 3.48.